The second-order valence-electron chi connectivity index (χ2n) is 8.19. The highest BCUT2D eigenvalue weighted by molar-refractivity contribution is 5.97. The van der Waals surface area contributed by atoms with Gasteiger partial charge in [-0.25, -0.2) is 0 Å². The highest BCUT2D eigenvalue weighted by Crippen LogP contribution is 2.28. The molecule has 3 N–H and O–H groups in total. The molecule has 0 bridgehead atoms. The predicted molar refractivity (Wildman–Crippen MR) is 129 cm³/mol. The van der Waals surface area contributed by atoms with E-state index in [2.05, 4.69) is 28.2 Å². The molecular formula is C27H29N3O3. The van der Waals surface area contributed by atoms with Crippen molar-refractivity contribution in [2.75, 3.05) is 0 Å². The molecule has 0 aliphatic carbocycles. The van der Waals surface area contributed by atoms with Crippen LogP contribution in [-0.2, 0) is 0 Å². The van der Waals surface area contributed by atoms with Gasteiger partial charge >= 0.3 is 0 Å². The molecule has 6 heteroatoms. The lowest BCUT2D eigenvalue weighted by Crippen LogP contribution is -2.38. The van der Waals surface area contributed by atoms with Crippen molar-refractivity contribution >= 4 is 16.8 Å². The molecule has 0 aliphatic heterocycles. The van der Waals surface area contributed by atoms with Crippen LogP contribution in [0.25, 0.3) is 10.9 Å². The number of fused-ring (bicyclic) bond motifs is 1. The molecule has 1 aromatic heterocycles. The van der Waals surface area contributed by atoms with Crippen LogP contribution < -0.4 is 10.1 Å². The number of rotatable bonds is 8. The quantitative estimate of drug-likeness (QED) is 0.263. The molecule has 2 aromatic carbocycles. The molecule has 33 heavy (non-hydrogen) atoms. The summed E-state index contributed by atoms with van der Waals surface area (Å²) < 4.78 is 5.82. The Morgan fingerprint density at radius 1 is 1.18 bits per heavy atom. The van der Waals surface area contributed by atoms with Crippen molar-refractivity contribution in [1.29, 1.82) is 5.26 Å². The van der Waals surface area contributed by atoms with E-state index < -0.39 is 12.1 Å². The number of hydrogen-bond acceptors (Lipinski definition) is 4. The zero-order valence-electron chi connectivity index (χ0n) is 19.2. The molecule has 0 saturated heterocycles. The molecule has 0 radical (unpaired) electrons. The highest BCUT2D eigenvalue weighted by atomic mass is 16.5. The van der Waals surface area contributed by atoms with E-state index in [0.29, 0.717) is 36.1 Å². The van der Waals surface area contributed by atoms with E-state index in [9.17, 15) is 9.90 Å². The van der Waals surface area contributed by atoms with Crippen LogP contribution in [0.5, 0.6) is 5.75 Å². The zero-order valence-corrected chi connectivity index (χ0v) is 19.2. The van der Waals surface area contributed by atoms with E-state index in [1.807, 2.05) is 51.2 Å². The molecule has 1 heterocycles. The number of nitrogens with one attached hydrogen (secondary N) is 2. The summed E-state index contributed by atoms with van der Waals surface area (Å²) in [6.07, 6.45) is 2.44. The number of aromatic nitrogens is 1. The first-order valence-electron chi connectivity index (χ1n) is 11.1. The van der Waals surface area contributed by atoms with Gasteiger partial charge in [-0.3, -0.25) is 4.79 Å². The fourth-order valence-corrected chi connectivity index (χ4v) is 3.54. The Bertz CT molecular complexity index is 1210. The summed E-state index contributed by atoms with van der Waals surface area (Å²) >= 11 is 0. The van der Waals surface area contributed by atoms with Crippen molar-refractivity contribution in [2.24, 2.45) is 0 Å². The normalized spacial score (nSPS) is 12.5. The number of carbonyl (C=O) groups is 1. The Labute approximate surface area is 194 Å². The summed E-state index contributed by atoms with van der Waals surface area (Å²) in [4.78, 5) is 16.3. The number of amides is 1. The van der Waals surface area contributed by atoms with Gasteiger partial charge in [0, 0.05) is 41.4 Å². The second-order valence-corrected chi connectivity index (χ2v) is 8.19. The van der Waals surface area contributed by atoms with Gasteiger partial charge in [0.05, 0.1) is 17.7 Å². The van der Waals surface area contributed by atoms with Gasteiger partial charge in [-0.15, -0.1) is 0 Å². The van der Waals surface area contributed by atoms with Crippen LogP contribution >= 0.6 is 0 Å². The number of unbranched alkanes of at least 4 members (excludes halogenated alkanes) is 2. The summed E-state index contributed by atoms with van der Waals surface area (Å²) in [5, 5.41) is 23.2. The number of ether oxygens (including phenoxy) is 1. The van der Waals surface area contributed by atoms with Gasteiger partial charge in [-0.1, -0.05) is 37.0 Å². The Hall–Kier alpha value is -3.74. The maximum atomic E-state index is 13.1. The van der Waals surface area contributed by atoms with Crippen molar-refractivity contribution < 1.29 is 14.6 Å². The lowest BCUT2D eigenvalue weighted by atomic mass is 9.98. The van der Waals surface area contributed by atoms with Crippen LogP contribution in [0.15, 0.2) is 48.7 Å². The van der Waals surface area contributed by atoms with Gasteiger partial charge in [-0.05, 0) is 50.1 Å². The van der Waals surface area contributed by atoms with Gasteiger partial charge in [0.1, 0.15) is 12.0 Å². The fourth-order valence-electron chi connectivity index (χ4n) is 3.54. The van der Waals surface area contributed by atoms with Crippen molar-refractivity contribution in [2.45, 2.75) is 58.3 Å². The van der Waals surface area contributed by atoms with Crippen molar-refractivity contribution in [3.8, 4) is 23.7 Å². The smallest absolute Gasteiger partial charge is 0.257 e. The molecule has 3 rings (SSSR count). The molecular weight excluding hydrogens is 414 g/mol. The Morgan fingerprint density at radius 3 is 2.73 bits per heavy atom. The van der Waals surface area contributed by atoms with Gasteiger partial charge in [-0.2, -0.15) is 5.26 Å². The molecule has 2 atom stereocenters. The molecule has 6 nitrogen and oxygen atoms in total. The number of benzene rings is 2. The number of nitriles is 1. The SMILES string of the molecule is CC(C)Oc1ccc(C#CCCCC#N)cc1C(=O)N[C@H](O)C(C)c1c[nH]c2ccccc12. The fraction of sp³-hybridized carbons (Fsp3) is 0.333. The molecule has 0 fully saturated rings. The molecule has 3 aromatic rings. The zero-order chi connectivity index (χ0) is 23.8. The average Bonchev–Trinajstić information content (AvgIpc) is 3.23. The van der Waals surface area contributed by atoms with Crippen molar-refractivity contribution in [3.05, 3.63) is 65.4 Å². The highest BCUT2D eigenvalue weighted by Gasteiger charge is 2.23. The third-order valence-electron chi connectivity index (χ3n) is 5.27. The van der Waals surface area contributed by atoms with E-state index in [4.69, 9.17) is 10.00 Å². The van der Waals surface area contributed by atoms with Crippen LogP contribution in [0.1, 0.15) is 67.4 Å². The van der Waals surface area contributed by atoms with Crippen molar-refractivity contribution in [3.63, 3.8) is 0 Å². The predicted octanol–water partition coefficient (Wildman–Crippen LogP) is 4.85. The summed E-state index contributed by atoms with van der Waals surface area (Å²) in [5.41, 5.74) is 2.89. The van der Waals surface area contributed by atoms with E-state index in [1.54, 1.807) is 18.2 Å². The largest absolute Gasteiger partial charge is 0.490 e. The summed E-state index contributed by atoms with van der Waals surface area (Å²) in [5.74, 6) is 5.74. The van der Waals surface area contributed by atoms with Crippen molar-refractivity contribution in [1.82, 2.24) is 10.3 Å². The molecule has 0 aliphatic rings. The Balaban J connectivity index is 1.79. The third-order valence-corrected chi connectivity index (χ3v) is 5.27. The van der Waals surface area contributed by atoms with Gasteiger partial charge in [0.2, 0.25) is 0 Å². The number of H-pyrrole nitrogens is 1. The summed E-state index contributed by atoms with van der Waals surface area (Å²) in [6, 6.07) is 15.1. The van der Waals surface area contributed by atoms with E-state index in [1.165, 1.54) is 0 Å². The molecule has 170 valence electrons. The number of aliphatic hydroxyl groups is 1. The minimum absolute atomic E-state index is 0.116. The number of carbonyl (C=O) groups excluding carboxylic acids is 1. The van der Waals surface area contributed by atoms with Crippen LogP contribution in [-0.4, -0.2) is 28.3 Å². The monoisotopic (exact) mass is 443 g/mol. The lowest BCUT2D eigenvalue weighted by Gasteiger charge is -2.21. The maximum Gasteiger partial charge on any atom is 0.257 e. The first kappa shape index (κ1) is 23.9. The van der Waals surface area contributed by atoms with E-state index >= 15 is 0 Å². The molecule has 1 unspecified atom stereocenters. The number of aliphatic hydroxyl groups excluding tert-OH is 1. The van der Waals surface area contributed by atoms with Crippen LogP contribution in [0.4, 0.5) is 0 Å². The van der Waals surface area contributed by atoms with Crippen LogP contribution in [0, 0.1) is 23.2 Å². The molecule has 1 amide bonds. The first-order valence-corrected chi connectivity index (χ1v) is 11.1. The van der Waals surface area contributed by atoms with Gasteiger partial charge < -0.3 is 20.1 Å². The molecule has 0 spiro atoms. The number of para-hydroxylation sites is 1. The van der Waals surface area contributed by atoms with E-state index in [0.717, 1.165) is 16.5 Å². The lowest BCUT2D eigenvalue weighted by molar-refractivity contribution is 0.0723. The number of nitrogens with zero attached hydrogens (tertiary/aromatic N) is 1. The summed E-state index contributed by atoms with van der Waals surface area (Å²) in [7, 11) is 0. The van der Waals surface area contributed by atoms with Gasteiger partial charge in [0.25, 0.3) is 5.91 Å². The molecule has 0 saturated carbocycles. The third kappa shape index (κ3) is 6.16. The van der Waals surface area contributed by atoms with Crippen LogP contribution in [0.2, 0.25) is 0 Å². The Kier molecular flexibility index (Phi) is 8.13. The second kappa shape index (κ2) is 11.2. The minimum Gasteiger partial charge on any atom is -0.490 e. The summed E-state index contributed by atoms with van der Waals surface area (Å²) in [6.45, 7) is 5.65. The van der Waals surface area contributed by atoms with Gasteiger partial charge in [0.15, 0.2) is 0 Å². The number of aromatic amines is 1. The topological polar surface area (TPSA) is 98.1 Å². The maximum absolute atomic E-state index is 13.1. The van der Waals surface area contributed by atoms with E-state index in [-0.39, 0.29) is 12.0 Å². The standard InChI is InChI=1S/C27H29N3O3/c1-18(2)33-25-14-13-20(10-6-4-5-9-15-28)16-22(25)27(32)30-26(31)19(3)23-17-29-24-12-8-7-11-21(23)24/h7-8,11-14,16-19,26,29,31H,4-5,9H2,1-3H3,(H,30,32)/t19?,26-/m1/s1. The van der Waals surface area contributed by atoms with Crippen LogP contribution in [0.3, 0.4) is 0 Å². The Morgan fingerprint density at radius 2 is 1.97 bits per heavy atom. The number of hydrogen-bond donors (Lipinski definition) is 3. The average molecular weight is 444 g/mol. The minimum atomic E-state index is -1.09. The first-order chi connectivity index (χ1) is 15.9.